The van der Waals surface area contributed by atoms with Gasteiger partial charge in [-0.05, 0) is 23.3 Å². The zero-order chi connectivity index (χ0) is 19.0. The molecule has 6 nitrogen and oxygen atoms in total. The number of rotatable bonds is 4. The number of carbonyl (C=O) groups excluding carboxylic acids is 1. The number of anilines is 1. The van der Waals surface area contributed by atoms with Crippen LogP contribution in [0.4, 0.5) is 19.0 Å². The molecule has 0 aliphatic heterocycles. The number of thiazole rings is 1. The van der Waals surface area contributed by atoms with Gasteiger partial charge in [-0.1, -0.05) is 18.2 Å². The van der Waals surface area contributed by atoms with Gasteiger partial charge in [-0.25, -0.2) is 4.98 Å². The van der Waals surface area contributed by atoms with E-state index in [1.165, 1.54) is 0 Å². The quantitative estimate of drug-likeness (QED) is 0.552. The summed E-state index contributed by atoms with van der Waals surface area (Å²) in [5, 5.41) is 10.3. The zero-order valence-corrected chi connectivity index (χ0v) is 14.4. The monoisotopic (exact) mass is 391 g/mol. The largest absolute Gasteiger partial charge is 0.432 e. The number of imidazole rings is 1. The van der Waals surface area contributed by atoms with Crippen LogP contribution in [0.3, 0.4) is 0 Å². The van der Waals surface area contributed by atoms with Crippen LogP contribution in [0.15, 0.2) is 48.2 Å². The van der Waals surface area contributed by atoms with Gasteiger partial charge < -0.3 is 5.32 Å². The molecule has 1 amide bonds. The van der Waals surface area contributed by atoms with Crippen molar-refractivity contribution in [2.24, 2.45) is 0 Å². The summed E-state index contributed by atoms with van der Waals surface area (Å²) in [5.74, 6) is -0.246. The number of carbonyl (C=O) groups is 1. The lowest BCUT2D eigenvalue weighted by molar-refractivity contribution is -0.141. The van der Waals surface area contributed by atoms with Gasteiger partial charge >= 0.3 is 6.18 Å². The minimum Gasteiger partial charge on any atom is -0.308 e. The summed E-state index contributed by atoms with van der Waals surface area (Å²) in [4.78, 5) is 16.5. The van der Waals surface area contributed by atoms with Gasteiger partial charge in [0.25, 0.3) is 0 Å². The Hall–Kier alpha value is -3.14. The Morgan fingerprint density at radius 2 is 2.15 bits per heavy atom. The van der Waals surface area contributed by atoms with E-state index in [0.717, 1.165) is 44.3 Å². The van der Waals surface area contributed by atoms with Gasteiger partial charge in [0.1, 0.15) is 16.9 Å². The van der Waals surface area contributed by atoms with E-state index in [2.05, 4.69) is 20.5 Å². The first-order chi connectivity index (χ1) is 12.9. The molecule has 2 N–H and O–H groups in total. The van der Waals surface area contributed by atoms with Gasteiger partial charge in [0.2, 0.25) is 5.91 Å². The van der Waals surface area contributed by atoms with Crippen LogP contribution in [0.1, 0.15) is 11.3 Å². The van der Waals surface area contributed by atoms with E-state index in [9.17, 15) is 18.0 Å². The van der Waals surface area contributed by atoms with Gasteiger partial charge in [0, 0.05) is 11.6 Å². The maximum atomic E-state index is 12.9. The van der Waals surface area contributed by atoms with E-state index in [4.69, 9.17) is 0 Å². The van der Waals surface area contributed by atoms with Crippen LogP contribution < -0.4 is 5.32 Å². The van der Waals surface area contributed by atoms with Gasteiger partial charge in [0.05, 0.1) is 12.1 Å². The molecule has 4 rings (SSSR count). The highest BCUT2D eigenvalue weighted by molar-refractivity contribution is 7.16. The van der Waals surface area contributed by atoms with E-state index in [-0.39, 0.29) is 23.0 Å². The lowest BCUT2D eigenvalue weighted by atomic mass is 10.1. The predicted molar refractivity (Wildman–Crippen MR) is 94.4 cm³/mol. The van der Waals surface area contributed by atoms with Crippen molar-refractivity contribution in [3.8, 4) is 11.3 Å². The number of benzene rings is 1. The number of hydrogen-bond donors (Lipinski definition) is 2. The van der Waals surface area contributed by atoms with Crippen LogP contribution >= 0.6 is 11.3 Å². The van der Waals surface area contributed by atoms with Crippen LogP contribution in [0.2, 0.25) is 0 Å². The van der Waals surface area contributed by atoms with Crippen LogP contribution in [0.25, 0.3) is 16.1 Å². The third-order valence-electron chi connectivity index (χ3n) is 3.92. The van der Waals surface area contributed by atoms with Crippen molar-refractivity contribution < 1.29 is 18.0 Å². The summed E-state index contributed by atoms with van der Waals surface area (Å²) in [5.41, 5.74) is 1.65. The average molecular weight is 391 g/mol. The Kier molecular flexibility index (Phi) is 4.19. The number of H-pyrrole nitrogens is 1. The minimum absolute atomic E-state index is 0.0680. The van der Waals surface area contributed by atoms with Crippen LogP contribution in [-0.2, 0) is 17.4 Å². The lowest BCUT2D eigenvalue weighted by Crippen LogP contribution is -2.14. The molecule has 3 aromatic heterocycles. The Balaban J connectivity index is 1.51. The molecule has 0 aliphatic rings. The average Bonchev–Trinajstić information content (AvgIpc) is 3.33. The molecule has 3 heterocycles. The first-order valence-electron chi connectivity index (χ1n) is 7.82. The summed E-state index contributed by atoms with van der Waals surface area (Å²) in [7, 11) is 0. The van der Waals surface area contributed by atoms with Crippen molar-refractivity contribution in [3.63, 3.8) is 0 Å². The maximum Gasteiger partial charge on any atom is 0.432 e. The van der Waals surface area contributed by atoms with Gasteiger partial charge in [-0.2, -0.15) is 18.3 Å². The number of alkyl halides is 3. The van der Waals surface area contributed by atoms with Crippen molar-refractivity contribution >= 4 is 27.9 Å². The number of amides is 1. The minimum atomic E-state index is -4.48. The zero-order valence-electron chi connectivity index (χ0n) is 13.6. The molecule has 0 saturated heterocycles. The summed E-state index contributed by atoms with van der Waals surface area (Å²) < 4.78 is 39.7. The topological polar surface area (TPSA) is 75.1 Å². The summed E-state index contributed by atoms with van der Waals surface area (Å²) in [6, 6.07) is 9.18. The normalized spacial score (nSPS) is 11.8. The number of hydrogen-bond acceptors (Lipinski definition) is 4. The molecule has 0 fully saturated rings. The number of halogens is 3. The Morgan fingerprint density at radius 3 is 2.89 bits per heavy atom. The predicted octanol–water partition coefficient (Wildman–Crippen LogP) is 3.99. The highest BCUT2D eigenvalue weighted by Crippen LogP contribution is 2.35. The van der Waals surface area contributed by atoms with Gasteiger partial charge in [0.15, 0.2) is 5.82 Å². The van der Waals surface area contributed by atoms with Crippen molar-refractivity contribution in [1.82, 2.24) is 19.6 Å². The number of nitrogens with zero attached hydrogens (tertiary/aromatic N) is 3. The molecule has 0 spiro atoms. The van der Waals surface area contributed by atoms with Crippen molar-refractivity contribution in [1.29, 1.82) is 0 Å². The van der Waals surface area contributed by atoms with E-state index in [0.29, 0.717) is 0 Å². The van der Waals surface area contributed by atoms with Crippen molar-refractivity contribution in [3.05, 3.63) is 59.5 Å². The van der Waals surface area contributed by atoms with Crippen LogP contribution in [-0.4, -0.2) is 25.5 Å². The fourth-order valence-electron chi connectivity index (χ4n) is 2.71. The van der Waals surface area contributed by atoms with E-state index < -0.39 is 11.9 Å². The molecular weight excluding hydrogens is 379 g/mol. The Bertz CT molecular complexity index is 1100. The maximum absolute atomic E-state index is 12.9. The first kappa shape index (κ1) is 17.3. The summed E-state index contributed by atoms with van der Waals surface area (Å²) in [6.45, 7) is 0. The molecule has 0 bridgehead atoms. The molecule has 1 aromatic carbocycles. The second kappa shape index (κ2) is 6.54. The molecular formula is C17H12F3N5OS. The smallest absolute Gasteiger partial charge is 0.308 e. The SMILES string of the molecule is O=C(Cc1cccc(-c2ccn[nH]2)c1)Nc1ncn2c(C(F)(F)F)csc12. The van der Waals surface area contributed by atoms with Crippen LogP contribution in [0, 0.1) is 0 Å². The second-order valence-corrected chi connectivity index (χ2v) is 6.64. The first-order valence-corrected chi connectivity index (χ1v) is 8.70. The van der Waals surface area contributed by atoms with Crippen molar-refractivity contribution in [2.45, 2.75) is 12.6 Å². The standard InChI is InChI=1S/C17H12F3N5OS/c18-17(19,20)13-8-27-16-15(21-9-25(13)16)23-14(26)7-10-2-1-3-11(6-10)12-4-5-22-24-12/h1-6,8-9H,7H2,(H,22,24)(H,23,26). The third kappa shape index (κ3) is 3.43. The third-order valence-corrected chi connectivity index (χ3v) is 4.87. The van der Waals surface area contributed by atoms with E-state index >= 15 is 0 Å². The fourth-order valence-corrected chi connectivity index (χ4v) is 3.65. The molecule has 10 heteroatoms. The molecule has 0 radical (unpaired) electrons. The molecule has 0 atom stereocenters. The summed E-state index contributed by atoms with van der Waals surface area (Å²) in [6.07, 6.45) is -1.72. The number of aromatic nitrogens is 4. The highest BCUT2D eigenvalue weighted by atomic mass is 32.1. The molecule has 4 aromatic rings. The van der Waals surface area contributed by atoms with E-state index in [1.807, 2.05) is 24.3 Å². The highest BCUT2D eigenvalue weighted by Gasteiger charge is 2.35. The number of aromatic amines is 1. The summed E-state index contributed by atoms with van der Waals surface area (Å²) >= 11 is 0.878. The molecule has 0 aliphatic carbocycles. The molecule has 0 unspecified atom stereocenters. The Labute approximate surface area is 154 Å². The molecule has 27 heavy (non-hydrogen) atoms. The second-order valence-electron chi connectivity index (χ2n) is 5.78. The Morgan fingerprint density at radius 1 is 1.30 bits per heavy atom. The lowest BCUT2D eigenvalue weighted by Gasteiger charge is -2.05. The molecule has 138 valence electrons. The van der Waals surface area contributed by atoms with Gasteiger partial charge in [-0.3, -0.25) is 14.3 Å². The van der Waals surface area contributed by atoms with E-state index in [1.54, 1.807) is 12.3 Å². The number of fused-ring (bicyclic) bond motifs is 1. The number of nitrogens with one attached hydrogen (secondary N) is 2. The van der Waals surface area contributed by atoms with Gasteiger partial charge in [-0.15, -0.1) is 11.3 Å². The molecule has 0 saturated carbocycles. The van der Waals surface area contributed by atoms with Crippen LogP contribution in [0.5, 0.6) is 0 Å². The fraction of sp³-hybridized carbons (Fsp3) is 0.118. The van der Waals surface area contributed by atoms with Crippen molar-refractivity contribution in [2.75, 3.05) is 5.32 Å².